The van der Waals surface area contributed by atoms with Crippen LogP contribution >= 0.6 is 0 Å². The summed E-state index contributed by atoms with van der Waals surface area (Å²) in [4.78, 5) is 4.83. The van der Waals surface area contributed by atoms with Crippen LogP contribution in [0.3, 0.4) is 0 Å². The number of unbranched alkanes of at least 4 members (excludes halogenated alkanes) is 13. The first kappa shape index (κ1) is 27.2. The van der Waals surface area contributed by atoms with Crippen LogP contribution < -0.4 is 0 Å². The monoisotopic (exact) mass is 418 g/mol. The molecule has 0 fully saturated rings. The molecule has 0 spiro atoms. The number of hydrogen-bond donors (Lipinski definition) is 0. The van der Waals surface area contributed by atoms with E-state index in [1.807, 2.05) is 6.20 Å². The van der Waals surface area contributed by atoms with Gasteiger partial charge in [-0.15, -0.1) is 0 Å². The Kier molecular flexibility index (Phi) is 16.2. The van der Waals surface area contributed by atoms with E-state index in [2.05, 4.69) is 45.4 Å². The summed E-state index contributed by atoms with van der Waals surface area (Å²) in [7, 11) is 0. The van der Waals surface area contributed by atoms with Gasteiger partial charge in [-0.1, -0.05) is 124 Å². The fourth-order valence-corrected chi connectivity index (χ4v) is 4.78. The molecule has 0 saturated heterocycles. The maximum absolute atomic E-state index is 4.83. The van der Waals surface area contributed by atoms with Crippen LogP contribution in [0, 0.1) is 5.92 Å². The Hall–Kier alpha value is -0.790. The molecule has 0 aromatic carbocycles. The summed E-state index contributed by atoms with van der Waals surface area (Å²) in [5.74, 6) is 2.62. The van der Waals surface area contributed by atoms with Crippen LogP contribution in [0.15, 0.2) is 12.4 Å². The highest BCUT2D eigenvalue weighted by molar-refractivity contribution is 5.03. The zero-order valence-electron chi connectivity index (χ0n) is 21.3. The first-order valence-corrected chi connectivity index (χ1v) is 13.6. The van der Waals surface area contributed by atoms with Crippen molar-refractivity contribution in [1.82, 2.24) is 9.55 Å². The Balaban J connectivity index is 2.25. The minimum atomic E-state index is 0.581. The minimum absolute atomic E-state index is 0.581. The van der Waals surface area contributed by atoms with Crippen LogP contribution in [0.25, 0.3) is 0 Å². The van der Waals surface area contributed by atoms with Crippen molar-refractivity contribution in [3.05, 3.63) is 18.2 Å². The lowest BCUT2D eigenvalue weighted by Crippen LogP contribution is -2.16. The molecule has 2 atom stereocenters. The second-order valence-corrected chi connectivity index (χ2v) is 10.1. The van der Waals surface area contributed by atoms with Crippen molar-refractivity contribution >= 4 is 0 Å². The number of nitrogens with zero attached hydrogens (tertiary/aromatic N) is 2. The number of hydrogen-bond acceptors (Lipinski definition) is 1. The highest BCUT2D eigenvalue weighted by Gasteiger charge is 2.22. The largest absolute Gasteiger partial charge is 0.332 e. The zero-order valence-corrected chi connectivity index (χ0v) is 21.3. The Labute approximate surface area is 189 Å². The van der Waals surface area contributed by atoms with Crippen LogP contribution in [-0.2, 0) is 0 Å². The van der Waals surface area contributed by atoms with Crippen molar-refractivity contribution in [2.75, 3.05) is 0 Å². The van der Waals surface area contributed by atoms with Gasteiger partial charge in [0.2, 0.25) is 0 Å². The minimum Gasteiger partial charge on any atom is -0.332 e. The standard InChI is InChI=1S/C28H54N2/c1-6-8-10-11-12-13-14-15-16-17-18-20-22-27(25(3)4)28-29-23-24-30(28)26(5)21-19-9-7-2/h23-27H,6-22H2,1-5H3. The molecule has 0 amide bonds. The predicted molar refractivity (Wildman–Crippen MR) is 134 cm³/mol. The maximum Gasteiger partial charge on any atom is 0.112 e. The van der Waals surface area contributed by atoms with E-state index in [1.54, 1.807) is 0 Å². The van der Waals surface area contributed by atoms with E-state index in [0.717, 1.165) is 0 Å². The van der Waals surface area contributed by atoms with Crippen molar-refractivity contribution in [3.63, 3.8) is 0 Å². The van der Waals surface area contributed by atoms with Gasteiger partial charge in [-0.05, 0) is 25.7 Å². The maximum atomic E-state index is 4.83. The second kappa shape index (κ2) is 17.8. The molecule has 0 radical (unpaired) electrons. The molecular formula is C28H54N2. The molecule has 2 nitrogen and oxygen atoms in total. The van der Waals surface area contributed by atoms with Crippen LogP contribution in [0.5, 0.6) is 0 Å². The molecule has 0 aliphatic rings. The zero-order chi connectivity index (χ0) is 22.0. The molecule has 2 unspecified atom stereocenters. The fourth-order valence-electron chi connectivity index (χ4n) is 4.78. The molecule has 0 aliphatic heterocycles. The molecule has 1 aromatic rings. The Morgan fingerprint density at radius 3 is 1.67 bits per heavy atom. The molecule has 1 rings (SSSR count). The first-order valence-electron chi connectivity index (χ1n) is 13.6. The third kappa shape index (κ3) is 11.6. The smallest absolute Gasteiger partial charge is 0.112 e. The topological polar surface area (TPSA) is 17.8 Å². The molecule has 0 bridgehead atoms. The van der Waals surface area contributed by atoms with Gasteiger partial charge >= 0.3 is 0 Å². The third-order valence-electron chi connectivity index (χ3n) is 6.90. The molecule has 176 valence electrons. The van der Waals surface area contributed by atoms with E-state index in [-0.39, 0.29) is 0 Å². The summed E-state index contributed by atoms with van der Waals surface area (Å²) in [6.45, 7) is 11.7. The summed E-state index contributed by atoms with van der Waals surface area (Å²) in [5, 5.41) is 0. The van der Waals surface area contributed by atoms with Crippen LogP contribution in [0.2, 0.25) is 0 Å². The highest BCUT2D eigenvalue weighted by Crippen LogP contribution is 2.31. The van der Waals surface area contributed by atoms with E-state index in [9.17, 15) is 0 Å². The lowest BCUT2D eigenvalue weighted by atomic mass is 9.89. The van der Waals surface area contributed by atoms with E-state index in [1.165, 1.54) is 115 Å². The summed E-state index contributed by atoms with van der Waals surface area (Å²) in [6.07, 6.45) is 27.9. The number of rotatable bonds is 20. The summed E-state index contributed by atoms with van der Waals surface area (Å²) >= 11 is 0. The van der Waals surface area contributed by atoms with Crippen molar-refractivity contribution in [2.24, 2.45) is 5.92 Å². The molecular weight excluding hydrogens is 364 g/mol. The predicted octanol–water partition coefficient (Wildman–Crippen LogP) is 9.86. The van der Waals surface area contributed by atoms with E-state index >= 15 is 0 Å². The molecule has 30 heavy (non-hydrogen) atoms. The van der Waals surface area contributed by atoms with Crippen LogP contribution in [0.4, 0.5) is 0 Å². The van der Waals surface area contributed by atoms with E-state index in [0.29, 0.717) is 17.9 Å². The normalized spacial score (nSPS) is 13.8. The molecule has 2 heteroatoms. The van der Waals surface area contributed by atoms with Gasteiger partial charge in [0.05, 0.1) is 0 Å². The Bertz CT molecular complexity index is 491. The molecule has 1 aromatic heterocycles. The quantitative estimate of drug-likeness (QED) is 0.193. The fraction of sp³-hybridized carbons (Fsp3) is 0.893. The highest BCUT2D eigenvalue weighted by atomic mass is 15.1. The lowest BCUT2D eigenvalue weighted by molar-refractivity contribution is 0.383. The van der Waals surface area contributed by atoms with Gasteiger partial charge in [-0.2, -0.15) is 0 Å². The van der Waals surface area contributed by atoms with Crippen molar-refractivity contribution in [3.8, 4) is 0 Å². The first-order chi connectivity index (χ1) is 14.6. The van der Waals surface area contributed by atoms with Crippen molar-refractivity contribution in [1.29, 1.82) is 0 Å². The summed E-state index contributed by atoms with van der Waals surface area (Å²) in [5.41, 5.74) is 0. The van der Waals surface area contributed by atoms with E-state index < -0.39 is 0 Å². The van der Waals surface area contributed by atoms with Crippen LogP contribution in [0.1, 0.15) is 162 Å². The second-order valence-electron chi connectivity index (χ2n) is 10.1. The number of aromatic nitrogens is 2. The molecule has 1 heterocycles. The van der Waals surface area contributed by atoms with Gasteiger partial charge in [0.1, 0.15) is 5.82 Å². The average molecular weight is 419 g/mol. The summed E-state index contributed by atoms with van der Waals surface area (Å²) in [6, 6.07) is 0.581. The van der Waals surface area contributed by atoms with Gasteiger partial charge in [-0.25, -0.2) is 4.98 Å². The van der Waals surface area contributed by atoms with Gasteiger partial charge < -0.3 is 4.57 Å². The van der Waals surface area contributed by atoms with Gasteiger partial charge in [0, 0.05) is 24.4 Å². The SMILES string of the molecule is CCCCCCCCCCCCCCC(c1nccn1C(C)CCCCC)C(C)C. The van der Waals surface area contributed by atoms with Gasteiger partial charge in [0.25, 0.3) is 0 Å². The Morgan fingerprint density at radius 2 is 1.13 bits per heavy atom. The van der Waals surface area contributed by atoms with Gasteiger partial charge in [-0.3, -0.25) is 0 Å². The molecule has 0 aliphatic carbocycles. The molecule has 0 saturated carbocycles. The third-order valence-corrected chi connectivity index (χ3v) is 6.90. The Morgan fingerprint density at radius 1 is 0.667 bits per heavy atom. The van der Waals surface area contributed by atoms with Gasteiger partial charge in [0.15, 0.2) is 0 Å². The summed E-state index contributed by atoms with van der Waals surface area (Å²) < 4.78 is 2.49. The number of imidazole rings is 1. The van der Waals surface area contributed by atoms with Crippen molar-refractivity contribution < 1.29 is 0 Å². The van der Waals surface area contributed by atoms with Crippen LogP contribution in [-0.4, -0.2) is 9.55 Å². The average Bonchev–Trinajstić information content (AvgIpc) is 3.21. The van der Waals surface area contributed by atoms with Crippen molar-refractivity contribution in [2.45, 2.75) is 156 Å². The van der Waals surface area contributed by atoms with E-state index in [4.69, 9.17) is 4.98 Å². The molecule has 0 N–H and O–H groups in total. The lowest BCUT2D eigenvalue weighted by Gasteiger charge is -2.25.